The van der Waals surface area contributed by atoms with Gasteiger partial charge in [-0.15, -0.1) is 0 Å². The molecule has 0 bridgehead atoms. The smallest absolute Gasteiger partial charge is 0.159 e. The summed E-state index contributed by atoms with van der Waals surface area (Å²) >= 11 is 0. The minimum absolute atomic E-state index is 0.149. The molecule has 1 unspecified atom stereocenters. The molecule has 1 atom stereocenters. The molecule has 0 saturated carbocycles. The Hall–Kier alpha value is -2.14. The van der Waals surface area contributed by atoms with Crippen molar-refractivity contribution in [1.82, 2.24) is 9.97 Å². The second-order valence-electron chi connectivity index (χ2n) is 4.89. The Morgan fingerprint density at radius 1 is 1.05 bits per heavy atom. The minimum Gasteiger partial charge on any atom is -0.497 e. The lowest BCUT2D eigenvalue weighted by Gasteiger charge is -2.09. The number of aromatic nitrogens is 2. The molecule has 0 saturated heterocycles. The highest BCUT2D eigenvalue weighted by Crippen LogP contribution is 2.27. The van der Waals surface area contributed by atoms with Crippen molar-refractivity contribution in [3.05, 3.63) is 36.2 Å². The zero-order valence-corrected chi connectivity index (χ0v) is 12.7. The molecule has 2 rings (SSSR count). The Bertz CT molecular complexity index is 562. The maximum atomic E-state index is 5.94. The lowest BCUT2D eigenvalue weighted by Crippen LogP contribution is -2.21. The van der Waals surface area contributed by atoms with Crippen molar-refractivity contribution in [2.24, 2.45) is 5.73 Å². The lowest BCUT2D eigenvalue weighted by molar-refractivity contribution is 0.394. The van der Waals surface area contributed by atoms with E-state index in [1.165, 1.54) is 0 Å². The number of nitrogens with zero attached hydrogens (tertiary/aromatic N) is 2. The summed E-state index contributed by atoms with van der Waals surface area (Å²) < 4.78 is 10.5. The van der Waals surface area contributed by atoms with E-state index in [9.17, 15) is 0 Å². The first-order chi connectivity index (χ1) is 10.2. The predicted molar refractivity (Wildman–Crippen MR) is 82.5 cm³/mol. The summed E-state index contributed by atoms with van der Waals surface area (Å²) in [6.45, 7) is 2.07. The van der Waals surface area contributed by atoms with E-state index in [-0.39, 0.29) is 6.04 Å². The maximum absolute atomic E-state index is 5.94. The molecular formula is C16H21N3O2. The van der Waals surface area contributed by atoms with Crippen LogP contribution in [-0.4, -0.2) is 30.2 Å². The van der Waals surface area contributed by atoms with Gasteiger partial charge in [-0.2, -0.15) is 0 Å². The van der Waals surface area contributed by atoms with Crippen LogP contribution in [0.4, 0.5) is 0 Å². The summed E-state index contributed by atoms with van der Waals surface area (Å²) in [5, 5.41) is 0. The maximum Gasteiger partial charge on any atom is 0.159 e. The Labute approximate surface area is 125 Å². The van der Waals surface area contributed by atoms with Crippen LogP contribution in [0.15, 0.2) is 30.6 Å². The fraction of sp³-hybridized carbons (Fsp3) is 0.375. The molecule has 5 heteroatoms. The van der Waals surface area contributed by atoms with Gasteiger partial charge in [-0.3, -0.25) is 0 Å². The topological polar surface area (TPSA) is 70.3 Å². The normalized spacial score (nSPS) is 12.0. The van der Waals surface area contributed by atoms with Gasteiger partial charge in [0.2, 0.25) is 0 Å². The second kappa shape index (κ2) is 7.04. The number of benzene rings is 1. The Morgan fingerprint density at radius 2 is 1.62 bits per heavy atom. The second-order valence-corrected chi connectivity index (χ2v) is 4.89. The molecule has 1 heterocycles. The molecule has 0 aliphatic carbocycles. The van der Waals surface area contributed by atoms with Gasteiger partial charge < -0.3 is 15.2 Å². The average Bonchev–Trinajstić information content (AvgIpc) is 2.54. The molecule has 2 N–H and O–H groups in total. The molecular weight excluding hydrogens is 266 g/mol. The van der Waals surface area contributed by atoms with Crippen molar-refractivity contribution >= 4 is 0 Å². The highest BCUT2D eigenvalue weighted by molar-refractivity contribution is 5.60. The molecule has 5 nitrogen and oxygen atoms in total. The number of hydrogen-bond donors (Lipinski definition) is 1. The molecule has 0 spiro atoms. The van der Waals surface area contributed by atoms with Crippen LogP contribution in [0.3, 0.4) is 0 Å². The van der Waals surface area contributed by atoms with Crippen molar-refractivity contribution in [1.29, 1.82) is 0 Å². The van der Waals surface area contributed by atoms with Crippen LogP contribution in [0, 0.1) is 0 Å². The zero-order valence-electron chi connectivity index (χ0n) is 12.7. The largest absolute Gasteiger partial charge is 0.497 e. The molecule has 0 fully saturated rings. The number of hydrogen-bond acceptors (Lipinski definition) is 5. The summed E-state index contributed by atoms with van der Waals surface area (Å²) in [6, 6.07) is 5.74. The van der Waals surface area contributed by atoms with Crippen LogP contribution < -0.4 is 15.2 Å². The van der Waals surface area contributed by atoms with E-state index in [1.807, 2.05) is 30.6 Å². The minimum atomic E-state index is 0.149. The molecule has 21 heavy (non-hydrogen) atoms. The number of nitrogens with two attached hydrogens (primary N) is 1. The molecule has 112 valence electrons. The lowest BCUT2D eigenvalue weighted by atomic mass is 10.1. The summed E-state index contributed by atoms with van der Waals surface area (Å²) in [6.07, 6.45) is 5.38. The van der Waals surface area contributed by atoms with Gasteiger partial charge in [0.05, 0.1) is 14.2 Å². The number of methoxy groups -OCH3 is 2. The SMILES string of the molecule is CCC(N)Cc1cnc(-c2cc(OC)cc(OC)c2)nc1. The fourth-order valence-electron chi connectivity index (χ4n) is 1.99. The first-order valence-corrected chi connectivity index (χ1v) is 6.96. The van der Waals surface area contributed by atoms with Crippen LogP contribution in [0.25, 0.3) is 11.4 Å². The molecule has 0 radical (unpaired) electrons. The van der Waals surface area contributed by atoms with Crippen molar-refractivity contribution in [2.75, 3.05) is 14.2 Å². The van der Waals surface area contributed by atoms with Gasteiger partial charge in [-0.25, -0.2) is 9.97 Å². The first kappa shape index (κ1) is 15.3. The average molecular weight is 287 g/mol. The molecule has 1 aromatic heterocycles. The van der Waals surface area contributed by atoms with E-state index in [1.54, 1.807) is 14.2 Å². The number of rotatable bonds is 6. The van der Waals surface area contributed by atoms with E-state index < -0.39 is 0 Å². The Balaban J connectivity index is 2.25. The van der Waals surface area contributed by atoms with E-state index in [0.29, 0.717) is 17.3 Å². The van der Waals surface area contributed by atoms with E-state index in [0.717, 1.165) is 24.0 Å². The summed E-state index contributed by atoms with van der Waals surface area (Å²) in [5.41, 5.74) is 7.84. The molecule has 2 aromatic rings. The quantitative estimate of drug-likeness (QED) is 0.883. The summed E-state index contributed by atoms with van der Waals surface area (Å²) in [5.74, 6) is 2.07. The van der Waals surface area contributed by atoms with Crippen LogP contribution in [0.2, 0.25) is 0 Å². The molecule has 0 aliphatic heterocycles. The van der Waals surface area contributed by atoms with Crippen LogP contribution in [0.5, 0.6) is 11.5 Å². The van der Waals surface area contributed by atoms with Gasteiger partial charge in [-0.1, -0.05) is 6.92 Å². The van der Waals surface area contributed by atoms with Gasteiger partial charge in [0.25, 0.3) is 0 Å². The van der Waals surface area contributed by atoms with Crippen molar-refractivity contribution in [2.45, 2.75) is 25.8 Å². The number of ether oxygens (including phenoxy) is 2. The van der Waals surface area contributed by atoms with E-state index in [4.69, 9.17) is 15.2 Å². The molecule has 1 aromatic carbocycles. The van der Waals surface area contributed by atoms with Crippen molar-refractivity contribution in [3.63, 3.8) is 0 Å². The van der Waals surface area contributed by atoms with Crippen molar-refractivity contribution in [3.8, 4) is 22.9 Å². The third-order valence-electron chi connectivity index (χ3n) is 3.34. The Morgan fingerprint density at radius 3 is 2.10 bits per heavy atom. The summed E-state index contributed by atoms with van der Waals surface area (Å²) in [7, 11) is 3.24. The van der Waals surface area contributed by atoms with Crippen LogP contribution in [0.1, 0.15) is 18.9 Å². The predicted octanol–water partition coefficient (Wildman–Crippen LogP) is 2.44. The zero-order chi connectivity index (χ0) is 15.2. The molecule has 0 aliphatic rings. The highest BCUT2D eigenvalue weighted by Gasteiger charge is 2.08. The highest BCUT2D eigenvalue weighted by atomic mass is 16.5. The molecule has 0 amide bonds. The van der Waals surface area contributed by atoms with Crippen LogP contribution in [-0.2, 0) is 6.42 Å². The standard InChI is InChI=1S/C16H21N3O2/c1-4-13(17)5-11-9-18-16(19-10-11)12-6-14(20-2)8-15(7-12)21-3/h6-10,13H,4-5,17H2,1-3H3. The first-order valence-electron chi connectivity index (χ1n) is 6.96. The van der Waals surface area contributed by atoms with Gasteiger partial charge in [0.15, 0.2) is 5.82 Å². The van der Waals surface area contributed by atoms with Gasteiger partial charge in [0, 0.05) is 30.1 Å². The third kappa shape index (κ3) is 3.92. The van der Waals surface area contributed by atoms with E-state index in [2.05, 4.69) is 16.9 Å². The Kier molecular flexibility index (Phi) is 5.11. The van der Waals surface area contributed by atoms with Crippen LogP contribution >= 0.6 is 0 Å². The van der Waals surface area contributed by atoms with E-state index >= 15 is 0 Å². The van der Waals surface area contributed by atoms with Gasteiger partial charge in [0.1, 0.15) is 11.5 Å². The third-order valence-corrected chi connectivity index (χ3v) is 3.34. The monoisotopic (exact) mass is 287 g/mol. The fourth-order valence-corrected chi connectivity index (χ4v) is 1.99. The van der Waals surface area contributed by atoms with Gasteiger partial charge >= 0.3 is 0 Å². The summed E-state index contributed by atoms with van der Waals surface area (Å²) in [4.78, 5) is 8.82. The van der Waals surface area contributed by atoms with Crippen molar-refractivity contribution < 1.29 is 9.47 Å². The van der Waals surface area contributed by atoms with Gasteiger partial charge in [-0.05, 0) is 30.5 Å².